The van der Waals surface area contributed by atoms with Gasteiger partial charge < -0.3 is 15.4 Å². The first-order valence-corrected chi connectivity index (χ1v) is 7.57. The maximum atomic E-state index is 11.9. The fourth-order valence-corrected chi connectivity index (χ4v) is 2.30. The molecule has 0 aliphatic heterocycles. The summed E-state index contributed by atoms with van der Waals surface area (Å²) in [6.45, 7) is 3.64. The highest BCUT2D eigenvalue weighted by atomic mass is 32.1. The molecule has 0 spiro atoms. The Morgan fingerprint density at radius 2 is 2.05 bits per heavy atom. The van der Waals surface area contributed by atoms with Crippen molar-refractivity contribution in [2.24, 2.45) is 0 Å². The Balaban J connectivity index is 1.76. The Bertz CT molecular complexity index is 642. The molecule has 0 bridgehead atoms. The number of hydrogen-bond acceptors (Lipinski definition) is 5. The second-order valence-electron chi connectivity index (χ2n) is 4.69. The Hall–Kier alpha value is -2.41. The maximum Gasteiger partial charge on any atom is 0.408 e. The monoisotopic (exact) mass is 319 g/mol. The van der Waals surface area contributed by atoms with Crippen LogP contribution in [0.25, 0.3) is 0 Å². The van der Waals surface area contributed by atoms with Crippen molar-refractivity contribution in [1.29, 1.82) is 0 Å². The number of nitrogens with one attached hydrogen (secondary N) is 2. The lowest BCUT2D eigenvalue weighted by atomic mass is 10.2. The van der Waals surface area contributed by atoms with Crippen molar-refractivity contribution in [3.05, 3.63) is 47.0 Å². The third-order valence-corrected chi connectivity index (χ3v) is 3.62. The molecule has 1 atom stereocenters. The van der Waals surface area contributed by atoms with Gasteiger partial charge in [0.05, 0.1) is 0 Å². The van der Waals surface area contributed by atoms with Gasteiger partial charge in [-0.1, -0.05) is 30.3 Å². The summed E-state index contributed by atoms with van der Waals surface area (Å²) in [5.74, 6) is -0.342. The summed E-state index contributed by atoms with van der Waals surface area (Å²) in [5, 5.41) is 5.63. The molecule has 116 valence electrons. The molecule has 2 rings (SSSR count). The number of benzene rings is 1. The van der Waals surface area contributed by atoms with E-state index in [0.717, 1.165) is 10.4 Å². The van der Waals surface area contributed by atoms with Crippen LogP contribution in [-0.2, 0) is 16.1 Å². The van der Waals surface area contributed by atoms with Crippen molar-refractivity contribution >= 4 is 28.5 Å². The van der Waals surface area contributed by atoms with E-state index in [1.807, 2.05) is 37.3 Å². The van der Waals surface area contributed by atoms with Crippen molar-refractivity contribution < 1.29 is 14.3 Å². The molecular formula is C15H17N3O3S. The summed E-state index contributed by atoms with van der Waals surface area (Å²) in [6, 6.07) is 8.61. The van der Waals surface area contributed by atoms with E-state index in [2.05, 4.69) is 15.6 Å². The van der Waals surface area contributed by atoms with Gasteiger partial charge in [-0.25, -0.2) is 9.78 Å². The predicted molar refractivity (Wildman–Crippen MR) is 84.7 cm³/mol. The van der Waals surface area contributed by atoms with E-state index in [-0.39, 0.29) is 12.5 Å². The van der Waals surface area contributed by atoms with Crippen LogP contribution in [0.5, 0.6) is 0 Å². The normalized spacial score (nSPS) is 11.5. The van der Waals surface area contributed by atoms with Gasteiger partial charge >= 0.3 is 6.09 Å². The van der Waals surface area contributed by atoms with Crippen LogP contribution in [0.15, 0.2) is 36.5 Å². The van der Waals surface area contributed by atoms with Crippen LogP contribution in [0.1, 0.15) is 17.4 Å². The molecule has 1 unspecified atom stereocenters. The number of carbonyl (C=O) groups excluding carboxylic acids is 2. The number of amides is 2. The van der Waals surface area contributed by atoms with Crippen molar-refractivity contribution in [2.45, 2.75) is 26.5 Å². The molecule has 6 nitrogen and oxygen atoms in total. The van der Waals surface area contributed by atoms with E-state index in [1.54, 1.807) is 13.1 Å². The summed E-state index contributed by atoms with van der Waals surface area (Å²) < 4.78 is 5.06. The second kappa shape index (κ2) is 7.56. The molecular weight excluding hydrogens is 302 g/mol. The zero-order chi connectivity index (χ0) is 15.9. The molecule has 2 aromatic rings. The SMILES string of the molecule is Cc1cnc(NC(=O)C(C)NC(=O)OCc2ccccc2)s1. The van der Waals surface area contributed by atoms with Crippen LogP contribution in [0.2, 0.25) is 0 Å². The van der Waals surface area contributed by atoms with E-state index in [9.17, 15) is 9.59 Å². The first-order chi connectivity index (χ1) is 10.5. The summed E-state index contributed by atoms with van der Waals surface area (Å²) in [6.07, 6.45) is 1.04. The van der Waals surface area contributed by atoms with Crippen LogP contribution < -0.4 is 10.6 Å². The number of aryl methyl sites for hydroxylation is 1. The van der Waals surface area contributed by atoms with Gasteiger partial charge in [0.25, 0.3) is 0 Å². The van der Waals surface area contributed by atoms with Gasteiger partial charge in [-0.15, -0.1) is 11.3 Å². The highest BCUT2D eigenvalue weighted by Gasteiger charge is 2.17. The first kappa shape index (κ1) is 16.0. The summed E-state index contributed by atoms with van der Waals surface area (Å²) >= 11 is 1.37. The number of aromatic nitrogens is 1. The third-order valence-electron chi connectivity index (χ3n) is 2.79. The predicted octanol–water partition coefficient (Wildman–Crippen LogP) is 2.70. The van der Waals surface area contributed by atoms with Gasteiger partial charge in [-0.3, -0.25) is 4.79 Å². The highest BCUT2D eigenvalue weighted by molar-refractivity contribution is 7.15. The average Bonchev–Trinajstić information content (AvgIpc) is 2.91. The van der Waals surface area contributed by atoms with Gasteiger partial charge in [0.1, 0.15) is 12.6 Å². The van der Waals surface area contributed by atoms with Gasteiger partial charge in [0.2, 0.25) is 5.91 Å². The van der Waals surface area contributed by atoms with Crippen LogP contribution >= 0.6 is 11.3 Å². The Morgan fingerprint density at radius 1 is 1.32 bits per heavy atom. The Labute approximate surface area is 132 Å². The number of hydrogen-bond donors (Lipinski definition) is 2. The zero-order valence-electron chi connectivity index (χ0n) is 12.3. The average molecular weight is 319 g/mol. The van der Waals surface area contributed by atoms with Crippen LogP contribution in [0.4, 0.5) is 9.93 Å². The molecule has 7 heteroatoms. The maximum absolute atomic E-state index is 11.9. The summed E-state index contributed by atoms with van der Waals surface area (Å²) in [5.41, 5.74) is 0.882. The molecule has 0 saturated heterocycles. The summed E-state index contributed by atoms with van der Waals surface area (Å²) in [7, 11) is 0. The molecule has 1 heterocycles. The topological polar surface area (TPSA) is 80.3 Å². The van der Waals surface area contributed by atoms with Crippen LogP contribution in [0, 0.1) is 6.92 Å². The summed E-state index contributed by atoms with van der Waals surface area (Å²) in [4.78, 5) is 28.6. The largest absolute Gasteiger partial charge is 0.445 e. The molecule has 0 aliphatic rings. The van der Waals surface area contributed by atoms with Gasteiger partial charge in [0.15, 0.2) is 5.13 Å². The fraction of sp³-hybridized carbons (Fsp3) is 0.267. The standard InChI is InChI=1S/C15H17N3O3S/c1-10-8-16-14(22-10)18-13(19)11(2)17-15(20)21-9-12-6-4-3-5-7-12/h3-8,11H,9H2,1-2H3,(H,17,20)(H,16,18,19). The lowest BCUT2D eigenvalue weighted by Crippen LogP contribution is -2.41. The zero-order valence-corrected chi connectivity index (χ0v) is 13.1. The Morgan fingerprint density at radius 3 is 2.68 bits per heavy atom. The number of nitrogens with zero attached hydrogens (tertiary/aromatic N) is 1. The minimum Gasteiger partial charge on any atom is -0.445 e. The van der Waals surface area contributed by atoms with E-state index in [4.69, 9.17) is 4.74 Å². The molecule has 1 aromatic carbocycles. The van der Waals surface area contributed by atoms with Crippen molar-refractivity contribution in [3.63, 3.8) is 0 Å². The molecule has 0 saturated carbocycles. The Kier molecular flexibility index (Phi) is 5.48. The number of alkyl carbamates (subject to hydrolysis) is 1. The lowest BCUT2D eigenvalue weighted by Gasteiger charge is -2.13. The number of rotatable bonds is 5. The van der Waals surface area contributed by atoms with Crippen molar-refractivity contribution in [1.82, 2.24) is 10.3 Å². The quantitative estimate of drug-likeness (QED) is 0.888. The molecule has 0 radical (unpaired) electrons. The van der Waals surface area contributed by atoms with Gasteiger partial charge in [0, 0.05) is 11.1 Å². The number of ether oxygens (including phenoxy) is 1. The molecule has 2 N–H and O–H groups in total. The minimum atomic E-state index is -0.715. The molecule has 2 amide bonds. The van der Waals surface area contributed by atoms with E-state index < -0.39 is 12.1 Å². The molecule has 22 heavy (non-hydrogen) atoms. The van der Waals surface area contributed by atoms with E-state index in [0.29, 0.717) is 5.13 Å². The van der Waals surface area contributed by atoms with E-state index >= 15 is 0 Å². The van der Waals surface area contributed by atoms with Crippen molar-refractivity contribution in [2.75, 3.05) is 5.32 Å². The smallest absolute Gasteiger partial charge is 0.408 e. The molecule has 0 aliphatic carbocycles. The van der Waals surface area contributed by atoms with Crippen LogP contribution in [0.3, 0.4) is 0 Å². The molecule has 1 aromatic heterocycles. The number of carbonyl (C=O) groups is 2. The minimum absolute atomic E-state index is 0.159. The second-order valence-corrected chi connectivity index (χ2v) is 5.93. The molecule has 0 fully saturated rings. The van der Waals surface area contributed by atoms with Crippen molar-refractivity contribution in [3.8, 4) is 0 Å². The number of anilines is 1. The van der Waals surface area contributed by atoms with Gasteiger partial charge in [-0.2, -0.15) is 0 Å². The number of thiazole rings is 1. The van der Waals surface area contributed by atoms with Gasteiger partial charge in [-0.05, 0) is 19.4 Å². The first-order valence-electron chi connectivity index (χ1n) is 6.75. The fourth-order valence-electron chi connectivity index (χ4n) is 1.63. The van der Waals surface area contributed by atoms with E-state index in [1.165, 1.54) is 11.3 Å². The lowest BCUT2D eigenvalue weighted by molar-refractivity contribution is -0.117. The third kappa shape index (κ3) is 4.85. The van der Waals surface area contributed by atoms with Crippen LogP contribution in [-0.4, -0.2) is 23.0 Å². The highest BCUT2D eigenvalue weighted by Crippen LogP contribution is 2.16.